The second kappa shape index (κ2) is 5.92. The Hall–Kier alpha value is -1.77. The lowest BCUT2D eigenvalue weighted by Gasteiger charge is -2.16. The molecule has 0 bridgehead atoms. The molecule has 0 radical (unpaired) electrons. The number of thiophene rings is 1. The van der Waals surface area contributed by atoms with Crippen LogP contribution in [0.15, 0.2) is 35.5 Å². The minimum atomic E-state index is -3.73. The summed E-state index contributed by atoms with van der Waals surface area (Å²) in [5.74, 6) is -1.13. The topological polar surface area (TPSA) is 87.6 Å². The standard InChI is InChI=1S/C13H14N2O4S2/c1-9-12(6-11(20-9)13(16)17)21(18,19)15(2)8-10-4-3-5-14-7-10/h3-7H,8H2,1-2H3,(H,16,17). The monoisotopic (exact) mass is 326 g/mol. The zero-order valence-corrected chi connectivity index (χ0v) is 13.1. The lowest BCUT2D eigenvalue weighted by molar-refractivity contribution is 0.0702. The molecule has 0 saturated carbocycles. The molecule has 0 unspecified atom stereocenters. The number of nitrogens with zero attached hydrogens (tertiary/aromatic N) is 2. The van der Waals surface area contributed by atoms with Gasteiger partial charge in [-0.2, -0.15) is 4.31 Å². The fourth-order valence-corrected chi connectivity index (χ4v) is 4.38. The Kier molecular flexibility index (Phi) is 4.40. The number of hydrogen-bond acceptors (Lipinski definition) is 5. The number of pyridine rings is 1. The summed E-state index contributed by atoms with van der Waals surface area (Å²) < 4.78 is 26.2. The third-order valence-corrected chi connectivity index (χ3v) is 6.00. The molecule has 0 aromatic carbocycles. The number of sulfonamides is 1. The zero-order valence-electron chi connectivity index (χ0n) is 11.5. The Bertz CT molecular complexity index is 754. The molecule has 2 aromatic rings. The van der Waals surface area contributed by atoms with Crippen LogP contribution in [0.2, 0.25) is 0 Å². The maximum Gasteiger partial charge on any atom is 0.345 e. The molecule has 0 aliphatic heterocycles. The molecule has 0 aliphatic rings. The second-order valence-electron chi connectivity index (χ2n) is 4.46. The van der Waals surface area contributed by atoms with Gasteiger partial charge in [-0.3, -0.25) is 4.98 Å². The van der Waals surface area contributed by atoms with E-state index in [0.29, 0.717) is 4.88 Å². The molecule has 0 fully saturated rings. The summed E-state index contributed by atoms with van der Waals surface area (Å²) in [5, 5.41) is 8.96. The van der Waals surface area contributed by atoms with Crippen LogP contribution in [-0.4, -0.2) is 35.8 Å². The highest BCUT2D eigenvalue weighted by Crippen LogP contribution is 2.28. The van der Waals surface area contributed by atoms with Crippen molar-refractivity contribution in [2.45, 2.75) is 18.4 Å². The Labute approximate surface area is 126 Å². The van der Waals surface area contributed by atoms with Crippen LogP contribution in [0.1, 0.15) is 20.1 Å². The van der Waals surface area contributed by atoms with Crippen molar-refractivity contribution in [1.82, 2.24) is 9.29 Å². The molecular formula is C13H14N2O4S2. The molecule has 8 heteroatoms. The van der Waals surface area contributed by atoms with Crippen molar-refractivity contribution < 1.29 is 18.3 Å². The van der Waals surface area contributed by atoms with Crippen molar-refractivity contribution in [3.8, 4) is 0 Å². The summed E-state index contributed by atoms with van der Waals surface area (Å²) in [6.45, 7) is 1.77. The third kappa shape index (κ3) is 3.29. The molecule has 1 N–H and O–H groups in total. The van der Waals surface area contributed by atoms with E-state index < -0.39 is 16.0 Å². The van der Waals surface area contributed by atoms with Gasteiger partial charge < -0.3 is 5.11 Å². The maximum atomic E-state index is 12.5. The summed E-state index contributed by atoms with van der Waals surface area (Å²) in [4.78, 5) is 15.4. The van der Waals surface area contributed by atoms with E-state index in [9.17, 15) is 13.2 Å². The molecule has 2 rings (SSSR count). The van der Waals surface area contributed by atoms with Crippen molar-refractivity contribution in [2.24, 2.45) is 0 Å². The summed E-state index contributed by atoms with van der Waals surface area (Å²) in [5.41, 5.74) is 0.759. The van der Waals surface area contributed by atoms with Crippen molar-refractivity contribution in [2.75, 3.05) is 7.05 Å². The Morgan fingerprint density at radius 1 is 1.48 bits per heavy atom. The van der Waals surface area contributed by atoms with Crippen molar-refractivity contribution in [3.05, 3.63) is 45.9 Å². The van der Waals surface area contributed by atoms with E-state index in [1.165, 1.54) is 17.4 Å². The summed E-state index contributed by atoms with van der Waals surface area (Å²) in [6, 6.07) is 4.72. The number of carboxylic acids is 1. The minimum absolute atomic E-state index is 0.0147. The van der Waals surface area contributed by atoms with Gasteiger partial charge in [-0.1, -0.05) is 6.07 Å². The molecule has 0 saturated heterocycles. The number of rotatable bonds is 5. The van der Waals surface area contributed by atoms with E-state index in [2.05, 4.69) is 4.98 Å². The first-order valence-corrected chi connectivity index (χ1v) is 8.27. The van der Waals surface area contributed by atoms with E-state index in [1.807, 2.05) is 0 Å². The number of hydrogen-bond donors (Lipinski definition) is 1. The number of aromatic carboxylic acids is 1. The third-order valence-electron chi connectivity index (χ3n) is 2.90. The van der Waals surface area contributed by atoms with Gasteiger partial charge in [0.2, 0.25) is 10.0 Å². The Balaban J connectivity index is 2.31. The largest absolute Gasteiger partial charge is 0.477 e. The van der Waals surface area contributed by atoms with Crippen LogP contribution in [0.4, 0.5) is 0 Å². The van der Waals surface area contributed by atoms with Gasteiger partial charge in [0.1, 0.15) is 4.88 Å². The van der Waals surface area contributed by atoms with Gasteiger partial charge in [-0.05, 0) is 24.6 Å². The molecule has 0 aliphatic carbocycles. The van der Waals surface area contributed by atoms with Gasteiger partial charge in [0.25, 0.3) is 0 Å². The van der Waals surface area contributed by atoms with Crippen molar-refractivity contribution in [3.63, 3.8) is 0 Å². The average molecular weight is 326 g/mol. The maximum absolute atomic E-state index is 12.5. The van der Waals surface area contributed by atoms with Crippen LogP contribution in [0.3, 0.4) is 0 Å². The van der Waals surface area contributed by atoms with E-state index >= 15 is 0 Å². The van der Waals surface area contributed by atoms with Gasteiger partial charge in [0, 0.05) is 30.9 Å². The predicted octanol–water partition coefficient (Wildman–Crippen LogP) is 1.97. The highest BCUT2D eigenvalue weighted by atomic mass is 32.2. The lowest BCUT2D eigenvalue weighted by Crippen LogP contribution is -2.26. The Morgan fingerprint density at radius 2 is 2.19 bits per heavy atom. The number of aryl methyl sites for hydroxylation is 1. The summed E-state index contributed by atoms with van der Waals surface area (Å²) >= 11 is 0.955. The number of carboxylic acid groups (broad SMARTS) is 1. The fourth-order valence-electron chi connectivity index (χ4n) is 1.83. The molecule has 0 spiro atoms. The normalized spacial score (nSPS) is 11.8. The Morgan fingerprint density at radius 3 is 2.71 bits per heavy atom. The van der Waals surface area contributed by atoms with Gasteiger partial charge in [-0.25, -0.2) is 13.2 Å². The number of carbonyl (C=O) groups is 1. The van der Waals surface area contributed by atoms with Crippen LogP contribution in [0.25, 0.3) is 0 Å². The first kappa shape index (κ1) is 15.6. The molecular weight excluding hydrogens is 312 g/mol. The molecule has 112 valence electrons. The fraction of sp³-hybridized carbons (Fsp3) is 0.231. The first-order chi connectivity index (χ1) is 9.82. The SMILES string of the molecule is Cc1sc(C(=O)O)cc1S(=O)(=O)N(C)Cc1cccnc1. The number of aromatic nitrogens is 1. The van der Waals surface area contributed by atoms with Gasteiger partial charge in [-0.15, -0.1) is 11.3 Å². The first-order valence-electron chi connectivity index (χ1n) is 6.01. The quantitative estimate of drug-likeness (QED) is 0.907. The molecule has 2 aromatic heterocycles. The summed E-state index contributed by atoms with van der Waals surface area (Å²) in [7, 11) is -2.27. The second-order valence-corrected chi connectivity index (χ2v) is 7.73. The minimum Gasteiger partial charge on any atom is -0.477 e. The summed E-state index contributed by atoms with van der Waals surface area (Å²) in [6.07, 6.45) is 3.20. The molecule has 0 atom stereocenters. The highest BCUT2D eigenvalue weighted by Gasteiger charge is 2.26. The van der Waals surface area contributed by atoms with Crippen LogP contribution < -0.4 is 0 Å². The molecule has 6 nitrogen and oxygen atoms in total. The van der Waals surface area contributed by atoms with Crippen LogP contribution >= 0.6 is 11.3 Å². The smallest absolute Gasteiger partial charge is 0.345 e. The van der Waals surface area contributed by atoms with Crippen LogP contribution in [-0.2, 0) is 16.6 Å². The zero-order chi connectivity index (χ0) is 15.6. The molecule has 2 heterocycles. The lowest BCUT2D eigenvalue weighted by atomic mass is 10.3. The van der Waals surface area contributed by atoms with Gasteiger partial charge in [0.15, 0.2) is 0 Å². The van der Waals surface area contributed by atoms with Crippen molar-refractivity contribution >= 4 is 27.3 Å². The highest BCUT2D eigenvalue weighted by molar-refractivity contribution is 7.89. The molecule has 21 heavy (non-hydrogen) atoms. The van der Waals surface area contributed by atoms with E-state index in [-0.39, 0.29) is 16.3 Å². The van der Waals surface area contributed by atoms with E-state index in [0.717, 1.165) is 16.9 Å². The van der Waals surface area contributed by atoms with Crippen molar-refractivity contribution in [1.29, 1.82) is 0 Å². The predicted molar refractivity (Wildman–Crippen MR) is 78.9 cm³/mol. The van der Waals surface area contributed by atoms with Gasteiger partial charge in [0.05, 0.1) is 4.90 Å². The van der Waals surface area contributed by atoms with Crippen LogP contribution in [0, 0.1) is 6.92 Å². The van der Waals surface area contributed by atoms with Crippen LogP contribution in [0.5, 0.6) is 0 Å². The average Bonchev–Trinajstić information content (AvgIpc) is 2.83. The molecule has 0 amide bonds. The van der Waals surface area contributed by atoms with E-state index in [4.69, 9.17) is 5.11 Å². The van der Waals surface area contributed by atoms with Gasteiger partial charge >= 0.3 is 5.97 Å². The van der Waals surface area contributed by atoms with E-state index in [1.54, 1.807) is 31.5 Å².